The van der Waals surface area contributed by atoms with Gasteiger partial charge in [-0.2, -0.15) is 0 Å². The van der Waals surface area contributed by atoms with E-state index in [-0.39, 0.29) is 6.61 Å². The number of esters is 1. The Morgan fingerprint density at radius 3 is 2.94 bits per heavy atom. The van der Waals surface area contributed by atoms with Crippen LogP contribution in [0, 0.1) is 0 Å². The molecule has 17 heavy (non-hydrogen) atoms. The highest BCUT2D eigenvalue weighted by Gasteiger charge is 2.22. The Labute approximate surface area is 101 Å². The van der Waals surface area contributed by atoms with E-state index in [1.807, 2.05) is 0 Å². The van der Waals surface area contributed by atoms with Crippen LogP contribution < -0.4 is 0 Å². The van der Waals surface area contributed by atoms with Crippen molar-refractivity contribution in [3.8, 4) is 0 Å². The van der Waals surface area contributed by atoms with Gasteiger partial charge in [0.05, 0.1) is 6.61 Å². The van der Waals surface area contributed by atoms with Crippen LogP contribution in [0.3, 0.4) is 0 Å². The van der Waals surface area contributed by atoms with E-state index in [9.17, 15) is 9.59 Å². The van der Waals surface area contributed by atoms with Crippen LogP contribution in [-0.4, -0.2) is 31.4 Å². The van der Waals surface area contributed by atoms with Gasteiger partial charge in [-0.25, -0.2) is 9.59 Å². The highest BCUT2D eigenvalue weighted by molar-refractivity contribution is 5.82. The normalized spacial score (nSPS) is 19.1. The topological polar surface area (TPSA) is 61.8 Å². The maximum atomic E-state index is 11.2. The van der Waals surface area contributed by atoms with Crippen molar-refractivity contribution in [1.29, 1.82) is 0 Å². The molecule has 1 aliphatic heterocycles. The summed E-state index contributed by atoms with van der Waals surface area (Å²) in [6.45, 7) is 2.71. The highest BCUT2D eigenvalue weighted by Crippen LogP contribution is 2.07. The Bertz CT molecular complexity index is 285. The molecule has 0 unspecified atom stereocenters. The second-order valence-electron chi connectivity index (χ2n) is 3.80. The summed E-state index contributed by atoms with van der Waals surface area (Å²) in [7, 11) is 0. The van der Waals surface area contributed by atoms with Crippen molar-refractivity contribution < 1.29 is 23.8 Å². The third-order valence-corrected chi connectivity index (χ3v) is 2.30. The first kappa shape index (κ1) is 13.5. The van der Waals surface area contributed by atoms with Crippen molar-refractivity contribution in [1.82, 2.24) is 0 Å². The fourth-order valence-corrected chi connectivity index (χ4v) is 1.37. The quantitative estimate of drug-likeness (QED) is 0.389. The molecule has 5 heteroatoms. The van der Waals surface area contributed by atoms with Gasteiger partial charge in [-0.3, -0.25) is 0 Å². The Hall–Kier alpha value is -1.52. The molecule has 1 heterocycles. The zero-order valence-electron chi connectivity index (χ0n) is 10.0. The molecule has 0 amide bonds. The van der Waals surface area contributed by atoms with Gasteiger partial charge in [0.15, 0.2) is 6.10 Å². The Balaban J connectivity index is 2.08. The average Bonchev–Trinajstić information content (AvgIpc) is 2.72. The molecule has 0 N–H and O–H groups in total. The number of cyclic esters (lactones) is 2. The van der Waals surface area contributed by atoms with Gasteiger partial charge in [-0.05, 0) is 12.5 Å². The van der Waals surface area contributed by atoms with Gasteiger partial charge in [-0.15, -0.1) is 0 Å². The van der Waals surface area contributed by atoms with E-state index in [0.717, 1.165) is 25.7 Å². The molecule has 96 valence electrons. The SMILES string of the molecule is CCCCCCOC(=O)/C=C/[C@H]1COC(=O)O1. The van der Waals surface area contributed by atoms with Gasteiger partial charge in [0.1, 0.15) is 6.61 Å². The first-order chi connectivity index (χ1) is 8.22. The third kappa shape index (κ3) is 5.94. The molecule has 1 rings (SSSR count). The van der Waals surface area contributed by atoms with E-state index in [1.165, 1.54) is 12.2 Å². The molecule has 1 atom stereocenters. The van der Waals surface area contributed by atoms with E-state index in [1.54, 1.807) is 0 Å². The maximum Gasteiger partial charge on any atom is 0.509 e. The van der Waals surface area contributed by atoms with Crippen molar-refractivity contribution in [2.24, 2.45) is 0 Å². The summed E-state index contributed by atoms with van der Waals surface area (Å²) in [5.74, 6) is -0.413. The molecule has 0 saturated carbocycles. The smallest absolute Gasteiger partial charge is 0.463 e. The van der Waals surface area contributed by atoms with Crippen LogP contribution in [0.1, 0.15) is 32.6 Å². The molecule has 0 aromatic carbocycles. The van der Waals surface area contributed by atoms with Gasteiger partial charge in [0, 0.05) is 6.08 Å². The zero-order chi connectivity index (χ0) is 12.5. The minimum absolute atomic E-state index is 0.152. The molecule has 0 spiro atoms. The average molecular weight is 242 g/mol. The summed E-state index contributed by atoms with van der Waals surface area (Å²) in [5, 5.41) is 0. The summed E-state index contributed by atoms with van der Waals surface area (Å²) in [5.41, 5.74) is 0. The molecule has 0 aromatic heterocycles. The van der Waals surface area contributed by atoms with Gasteiger partial charge < -0.3 is 14.2 Å². The van der Waals surface area contributed by atoms with Crippen molar-refractivity contribution in [2.45, 2.75) is 38.7 Å². The fraction of sp³-hybridized carbons (Fsp3) is 0.667. The Kier molecular flexibility index (Phi) is 6.14. The lowest BCUT2D eigenvalue weighted by atomic mass is 10.2. The van der Waals surface area contributed by atoms with Gasteiger partial charge in [0.2, 0.25) is 0 Å². The van der Waals surface area contributed by atoms with Crippen LogP contribution in [0.5, 0.6) is 0 Å². The molecule has 1 aliphatic rings. The summed E-state index contributed by atoms with van der Waals surface area (Å²) >= 11 is 0. The number of hydrogen-bond acceptors (Lipinski definition) is 5. The standard InChI is InChI=1S/C12H18O5/c1-2-3-4-5-8-15-11(13)7-6-10-9-16-12(14)17-10/h6-7,10H,2-5,8-9H2,1H3/b7-6+/t10-/m0/s1. The van der Waals surface area contributed by atoms with E-state index < -0.39 is 18.2 Å². The number of carbonyl (C=O) groups excluding carboxylic acids is 2. The Morgan fingerprint density at radius 1 is 1.47 bits per heavy atom. The number of hydrogen-bond donors (Lipinski definition) is 0. The van der Waals surface area contributed by atoms with Crippen LogP contribution in [0.4, 0.5) is 4.79 Å². The van der Waals surface area contributed by atoms with Crippen LogP contribution in [0.15, 0.2) is 12.2 Å². The molecule has 0 aromatic rings. The monoisotopic (exact) mass is 242 g/mol. The van der Waals surface area contributed by atoms with Crippen LogP contribution >= 0.6 is 0 Å². The van der Waals surface area contributed by atoms with Gasteiger partial charge >= 0.3 is 12.1 Å². The van der Waals surface area contributed by atoms with E-state index >= 15 is 0 Å². The van der Waals surface area contributed by atoms with E-state index in [4.69, 9.17) is 9.47 Å². The largest absolute Gasteiger partial charge is 0.509 e. The fourth-order valence-electron chi connectivity index (χ4n) is 1.37. The summed E-state index contributed by atoms with van der Waals surface area (Å²) in [6, 6.07) is 0. The minimum Gasteiger partial charge on any atom is -0.463 e. The molecule has 0 bridgehead atoms. The second-order valence-corrected chi connectivity index (χ2v) is 3.80. The van der Waals surface area contributed by atoms with E-state index in [0.29, 0.717) is 6.61 Å². The number of carbonyl (C=O) groups is 2. The van der Waals surface area contributed by atoms with Crippen LogP contribution in [-0.2, 0) is 19.0 Å². The predicted molar refractivity (Wildman–Crippen MR) is 60.5 cm³/mol. The molecule has 0 aliphatic carbocycles. The molecular weight excluding hydrogens is 224 g/mol. The predicted octanol–water partition coefficient (Wildman–Crippen LogP) is 2.20. The highest BCUT2D eigenvalue weighted by atomic mass is 16.8. The van der Waals surface area contributed by atoms with Gasteiger partial charge in [0.25, 0.3) is 0 Å². The maximum absolute atomic E-state index is 11.2. The first-order valence-electron chi connectivity index (χ1n) is 5.90. The molecular formula is C12H18O5. The lowest BCUT2D eigenvalue weighted by molar-refractivity contribution is -0.137. The number of unbranched alkanes of at least 4 members (excludes halogenated alkanes) is 3. The molecule has 0 radical (unpaired) electrons. The lowest BCUT2D eigenvalue weighted by Crippen LogP contribution is -2.08. The third-order valence-electron chi connectivity index (χ3n) is 2.30. The van der Waals surface area contributed by atoms with E-state index in [2.05, 4.69) is 11.7 Å². The van der Waals surface area contributed by atoms with Crippen LogP contribution in [0.25, 0.3) is 0 Å². The molecule has 1 saturated heterocycles. The zero-order valence-corrected chi connectivity index (χ0v) is 10.0. The minimum atomic E-state index is -0.701. The molecule has 1 fully saturated rings. The van der Waals surface area contributed by atoms with Crippen molar-refractivity contribution >= 4 is 12.1 Å². The van der Waals surface area contributed by atoms with Crippen molar-refractivity contribution in [2.75, 3.05) is 13.2 Å². The van der Waals surface area contributed by atoms with Crippen LogP contribution in [0.2, 0.25) is 0 Å². The summed E-state index contributed by atoms with van der Waals surface area (Å²) < 4.78 is 14.2. The van der Waals surface area contributed by atoms with Crippen molar-refractivity contribution in [3.63, 3.8) is 0 Å². The first-order valence-corrected chi connectivity index (χ1v) is 5.90. The second kappa shape index (κ2) is 7.70. The summed E-state index contributed by atoms with van der Waals surface area (Å²) in [4.78, 5) is 21.8. The lowest BCUT2D eigenvalue weighted by Gasteiger charge is -2.01. The molecule has 5 nitrogen and oxygen atoms in total. The van der Waals surface area contributed by atoms with Gasteiger partial charge in [-0.1, -0.05) is 26.2 Å². The Morgan fingerprint density at radius 2 is 2.29 bits per heavy atom. The number of ether oxygens (including phenoxy) is 3. The number of rotatable bonds is 7. The van der Waals surface area contributed by atoms with Crippen molar-refractivity contribution in [3.05, 3.63) is 12.2 Å². The summed E-state index contributed by atoms with van der Waals surface area (Å²) in [6.07, 6.45) is 5.83.